The highest BCUT2D eigenvalue weighted by Gasteiger charge is 2.11. The lowest BCUT2D eigenvalue weighted by Gasteiger charge is -2.16. The lowest BCUT2D eigenvalue weighted by Crippen LogP contribution is -2.30. The fourth-order valence-corrected chi connectivity index (χ4v) is 1.49. The first-order valence-electron chi connectivity index (χ1n) is 4.36. The van der Waals surface area contributed by atoms with Crippen LogP contribution in [0.4, 0.5) is 0 Å². The van der Waals surface area contributed by atoms with Gasteiger partial charge in [-0.05, 0) is 33.7 Å². The van der Waals surface area contributed by atoms with Crippen LogP contribution in [0.15, 0.2) is 11.3 Å². The Morgan fingerprint density at radius 1 is 1.36 bits per heavy atom. The zero-order valence-corrected chi connectivity index (χ0v) is 7.70. The van der Waals surface area contributed by atoms with E-state index >= 15 is 0 Å². The first-order chi connectivity index (χ1) is 5.22. The average molecular weight is 154 g/mol. The van der Waals surface area contributed by atoms with Crippen molar-refractivity contribution >= 4 is 0 Å². The summed E-state index contributed by atoms with van der Waals surface area (Å²) in [4.78, 5) is 0. The fourth-order valence-electron chi connectivity index (χ4n) is 1.49. The number of hydrogen-bond acceptors (Lipinski definition) is 2. The zero-order chi connectivity index (χ0) is 8.27. The standard InChI is InChI=1S/C9H18N2/c1-7(2)9-8(3)10-5-4-6-11-9/h8,10-11H,4-6H2,1-3H3. The third-order valence-electron chi connectivity index (χ3n) is 2.09. The van der Waals surface area contributed by atoms with Crippen LogP contribution in [0, 0.1) is 0 Å². The molecule has 2 N–H and O–H groups in total. The maximum absolute atomic E-state index is 3.46. The smallest absolute Gasteiger partial charge is 0.0440 e. The monoisotopic (exact) mass is 154 g/mol. The van der Waals surface area contributed by atoms with E-state index in [1.165, 1.54) is 17.7 Å². The van der Waals surface area contributed by atoms with Crippen molar-refractivity contribution in [2.75, 3.05) is 13.1 Å². The molecule has 0 spiro atoms. The maximum Gasteiger partial charge on any atom is 0.0440 e. The van der Waals surface area contributed by atoms with E-state index in [0.717, 1.165) is 13.1 Å². The summed E-state index contributed by atoms with van der Waals surface area (Å²) < 4.78 is 0. The van der Waals surface area contributed by atoms with Gasteiger partial charge in [0.1, 0.15) is 0 Å². The van der Waals surface area contributed by atoms with E-state index in [2.05, 4.69) is 31.4 Å². The fraction of sp³-hybridized carbons (Fsp3) is 0.778. The molecule has 0 aromatic rings. The predicted octanol–water partition coefficient (Wildman–Crippen LogP) is 1.25. The minimum Gasteiger partial charge on any atom is -0.387 e. The van der Waals surface area contributed by atoms with Gasteiger partial charge in [-0.3, -0.25) is 0 Å². The number of allylic oxidation sites excluding steroid dienone is 1. The quantitative estimate of drug-likeness (QED) is 0.549. The van der Waals surface area contributed by atoms with E-state index in [1.807, 2.05) is 0 Å². The van der Waals surface area contributed by atoms with Gasteiger partial charge in [0.25, 0.3) is 0 Å². The molecule has 1 aliphatic heterocycles. The van der Waals surface area contributed by atoms with Crippen molar-refractivity contribution in [3.63, 3.8) is 0 Å². The zero-order valence-electron chi connectivity index (χ0n) is 7.70. The van der Waals surface area contributed by atoms with Crippen molar-refractivity contribution in [1.29, 1.82) is 0 Å². The Hall–Kier alpha value is -0.500. The molecule has 0 bridgehead atoms. The Bertz CT molecular complexity index is 157. The second kappa shape index (κ2) is 3.77. The molecule has 1 rings (SSSR count). The second-order valence-corrected chi connectivity index (χ2v) is 3.37. The topological polar surface area (TPSA) is 24.1 Å². The molecule has 2 heteroatoms. The summed E-state index contributed by atoms with van der Waals surface area (Å²) in [5, 5.41) is 6.90. The molecule has 0 aromatic heterocycles. The summed E-state index contributed by atoms with van der Waals surface area (Å²) in [6, 6.07) is 0.502. The van der Waals surface area contributed by atoms with Gasteiger partial charge in [-0.15, -0.1) is 0 Å². The van der Waals surface area contributed by atoms with Crippen LogP contribution in [0.1, 0.15) is 27.2 Å². The molecule has 0 amide bonds. The summed E-state index contributed by atoms with van der Waals surface area (Å²) in [5.74, 6) is 0. The van der Waals surface area contributed by atoms with E-state index < -0.39 is 0 Å². The van der Waals surface area contributed by atoms with Gasteiger partial charge >= 0.3 is 0 Å². The van der Waals surface area contributed by atoms with E-state index in [0.29, 0.717) is 6.04 Å². The first-order valence-corrected chi connectivity index (χ1v) is 4.36. The Balaban J connectivity index is 2.67. The van der Waals surface area contributed by atoms with Gasteiger partial charge < -0.3 is 10.6 Å². The maximum atomic E-state index is 3.46. The summed E-state index contributed by atoms with van der Waals surface area (Å²) in [5.41, 5.74) is 2.77. The predicted molar refractivity (Wildman–Crippen MR) is 48.5 cm³/mol. The van der Waals surface area contributed by atoms with Crippen molar-refractivity contribution < 1.29 is 0 Å². The Morgan fingerprint density at radius 3 is 2.73 bits per heavy atom. The number of rotatable bonds is 0. The van der Waals surface area contributed by atoms with E-state index in [1.54, 1.807) is 0 Å². The summed E-state index contributed by atoms with van der Waals surface area (Å²) >= 11 is 0. The van der Waals surface area contributed by atoms with Gasteiger partial charge in [0.2, 0.25) is 0 Å². The first kappa shape index (κ1) is 8.60. The number of nitrogens with one attached hydrogen (secondary N) is 2. The average Bonchev–Trinajstić information content (AvgIpc) is 2.13. The lowest BCUT2D eigenvalue weighted by molar-refractivity contribution is 0.620. The molecule has 1 aliphatic rings. The molecule has 0 radical (unpaired) electrons. The normalized spacial score (nSPS) is 25.7. The molecule has 11 heavy (non-hydrogen) atoms. The van der Waals surface area contributed by atoms with Crippen molar-refractivity contribution in [3.8, 4) is 0 Å². The van der Waals surface area contributed by atoms with Gasteiger partial charge in [-0.25, -0.2) is 0 Å². The minimum atomic E-state index is 0.502. The van der Waals surface area contributed by atoms with Crippen LogP contribution in [0.25, 0.3) is 0 Å². The van der Waals surface area contributed by atoms with Crippen LogP contribution in [0.5, 0.6) is 0 Å². The lowest BCUT2D eigenvalue weighted by atomic mass is 10.1. The highest BCUT2D eigenvalue weighted by molar-refractivity contribution is 5.14. The Labute approximate surface area is 69.1 Å². The van der Waals surface area contributed by atoms with E-state index in [9.17, 15) is 0 Å². The summed E-state index contributed by atoms with van der Waals surface area (Å²) in [7, 11) is 0. The third kappa shape index (κ3) is 2.22. The van der Waals surface area contributed by atoms with Gasteiger partial charge in [0, 0.05) is 18.3 Å². The van der Waals surface area contributed by atoms with Crippen LogP contribution in [-0.4, -0.2) is 19.1 Å². The van der Waals surface area contributed by atoms with Crippen LogP contribution < -0.4 is 10.6 Å². The molecule has 1 unspecified atom stereocenters. The summed E-state index contributed by atoms with van der Waals surface area (Å²) in [6.07, 6.45) is 1.22. The molecule has 1 fully saturated rings. The van der Waals surface area contributed by atoms with Crippen molar-refractivity contribution in [2.24, 2.45) is 0 Å². The van der Waals surface area contributed by atoms with Gasteiger partial charge in [-0.2, -0.15) is 0 Å². The molecule has 0 aliphatic carbocycles. The molecular weight excluding hydrogens is 136 g/mol. The van der Waals surface area contributed by atoms with Crippen LogP contribution >= 0.6 is 0 Å². The Kier molecular flexibility index (Phi) is 2.94. The van der Waals surface area contributed by atoms with Crippen LogP contribution in [0.2, 0.25) is 0 Å². The van der Waals surface area contributed by atoms with Gasteiger partial charge in [0.15, 0.2) is 0 Å². The molecular formula is C9H18N2. The molecule has 1 atom stereocenters. The van der Waals surface area contributed by atoms with Crippen molar-refractivity contribution in [2.45, 2.75) is 33.2 Å². The van der Waals surface area contributed by atoms with Gasteiger partial charge in [0.05, 0.1) is 0 Å². The SMILES string of the molecule is CC(C)=C1NCCCNC1C. The highest BCUT2D eigenvalue weighted by atomic mass is 15.0. The van der Waals surface area contributed by atoms with Gasteiger partial charge in [-0.1, -0.05) is 5.57 Å². The Morgan fingerprint density at radius 2 is 2.09 bits per heavy atom. The summed E-state index contributed by atoms with van der Waals surface area (Å²) in [6.45, 7) is 8.76. The molecule has 64 valence electrons. The second-order valence-electron chi connectivity index (χ2n) is 3.37. The van der Waals surface area contributed by atoms with Crippen LogP contribution in [0.3, 0.4) is 0 Å². The molecule has 2 nitrogen and oxygen atoms in total. The van der Waals surface area contributed by atoms with E-state index in [4.69, 9.17) is 0 Å². The molecule has 1 saturated heterocycles. The highest BCUT2D eigenvalue weighted by Crippen LogP contribution is 2.07. The number of hydrogen-bond donors (Lipinski definition) is 2. The van der Waals surface area contributed by atoms with Crippen LogP contribution in [-0.2, 0) is 0 Å². The molecule has 1 heterocycles. The minimum absolute atomic E-state index is 0.502. The van der Waals surface area contributed by atoms with Crippen molar-refractivity contribution in [3.05, 3.63) is 11.3 Å². The largest absolute Gasteiger partial charge is 0.387 e. The van der Waals surface area contributed by atoms with Crippen molar-refractivity contribution in [1.82, 2.24) is 10.6 Å². The molecule has 0 aromatic carbocycles. The third-order valence-corrected chi connectivity index (χ3v) is 2.09. The molecule has 0 saturated carbocycles. The van der Waals surface area contributed by atoms with E-state index in [-0.39, 0.29) is 0 Å².